The van der Waals surface area contributed by atoms with E-state index < -0.39 is 17.1 Å². The van der Waals surface area contributed by atoms with E-state index in [0.29, 0.717) is 25.1 Å². The molecular weight excluding hydrogens is 452 g/mol. The predicted octanol–water partition coefficient (Wildman–Crippen LogP) is 3.74. The molecule has 2 aromatic carbocycles. The van der Waals surface area contributed by atoms with Crippen LogP contribution in [-0.4, -0.2) is 69.8 Å². The molecule has 1 spiro atoms. The molecule has 2 aliphatic carbocycles. The zero-order valence-corrected chi connectivity index (χ0v) is 21.4. The van der Waals surface area contributed by atoms with Crippen molar-refractivity contribution in [3.05, 3.63) is 65.2 Å². The van der Waals surface area contributed by atoms with Crippen LogP contribution in [0.1, 0.15) is 49.8 Å². The zero-order valence-electron chi connectivity index (χ0n) is 21.4. The number of phenolic OH excluding ortho intramolecular Hbond substituents is 1. The van der Waals surface area contributed by atoms with Gasteiger partial charge in [-0.3, -0.25) is 4.79 Å². The van der Waals surface area contributed by atoms with Crippen molar-refractivity contribution >= 4 is 12.0 Å². The maximum Gasteiger partial charge on any atom is 0.246 e. The molecule has 190 valence electrons. The number of nitrogens with zero attached hydrogens (tertiary/aromatic N) is 2. The number of ether oxygens (including phenoxy) is 1. The Morgan fingerprint density at radius 2 is 2.00 bits per heavy atom. The first-order chi connectivity index (χ1) is 17.3. The minimum absolute atomic E-state index is 0.00600. The summed E-state index contributed by atoms with van der Waals surface area (Å²) in [6.07, 6.45) is 5.88. The average Bonchev–Trinajstić information content (AvgIpc) is 3.22. The van der Waals surface area contributed by atoms with E-state index in [2.05, 4.69) is 25.8 Å². The minimum Gasteiger partial charge on any atom is -0.504 e. The van der Waals surface area contributed by atoms with Crippen molar-refractivity contribution in [2.45, 2.75) is 68.7 Å². The molecule has 6 nitrogen and oxygen atoms in total. The first-order valence-corrected chi connectivity index (χ1v) is 13.2. The van der Waals surface area contributed by atoms with Crippen LogP contribution in [0.5, 0.6) is 11.5 Å². The van der Waals surface area contributed by atoms with Crippen molar-refractivity contribution in [2.75, 3.05) is 20.1 Å². The maximum absolute atomic E-state index is 13.7. The third-order valence-electron chi connectivity index (χ3n) is 9.16. The van der Waals surface area contributed by atoms with E-state index >= 15 is 0 Å². The van der Waals surface area contributed by atoms with Crippen LogP contribution < -0.4 is 4.74 Å². The number of aliphatic hydroxyl groups is 1. The molecule has 0 radical (unpaired) electrons. The highest BCUT2D eigenvalue weighted by Crippen LogP contribution is 2.65. The maximum atomic E-state index is 13.7. The molecule has 5 atom stereocenters. The Balaban J connectivity index is 1.43. The summed E-state index contributed by atoms with van der Waals surface area (Å²) in [5.74, 6) is 0.884. The number of aromatic hydroxyl groups is 1. The van der Waals surface area contributed by atoms with Gasteiger partial charge in [-0.25, -0.2) is 0 Å². The topological polar surface area (TPSA) is 73.2 Å². The lowest BCUT2D eigenvalue weighted by molar-refractivity contribution is -0.197. The first-order valence-electron chi connectivity index (χ1n) is 13.2. The van der Waals surface area contributed by atoms with Crippen molar-refractivity contribution in [1.82, 2.24) is 9.80 Å². The van der Waals surface area contributed by atoms with Gasteiger partial charge in [0.15, 0.2) is 11.5 Å². The van der Waals surface area contributed by atoms with Gasteiger partial charge < -0.3 is 24.7 Å². The summed E-state index contributed by atoms with van der Waals surface area (Å²) in [5.41, 5.74) is 1.53. The van der Waals surface area contributed by atoms with Gasteiger partial charge in [-0.15, -0.1) is 0 Å². The number of phenols is 1. The Labute approximate surface area is 213 Å². The molecule has 4 aliphatic rings. The van der Waals surface area contributed by atoms with Crippen molar-refractivity contribution in [2.24, 2.45) is 5.92 Å². The molecule has 2 unspecified atom stereocenters. The monoisotopic (exact) mass is 488 g/mol. The number of benzene rings is 2. The number of carbonyl (C=O) groups excluding carboxylic acids is 1. The Bertz CT molecular complexity index is 1210. The second-order valence-electron chi connectivity index (χ2n) is 11.6. The van der Waals surface area contributed by atoms with Gasteiger partial charge in [-0.2, -0.15) is 0 Å². The fraction of sp³-hybridized carbons (Fsp3) is 0.500. The van der Waals surface area contributed by atoms with E-state index in [1.165, 1.54) is 0 Å². The standard InChI is InChI=1S/C30H36N2O4/c1-19(2)18-32(25(34)12-9-20-7-5-4-6-8-20)22-13-14-30(35)24-17-21-10-11-23(33)27-26(21)29(30,28(22)36-27)15-16-31(24)3/h4-12,19,22,24,28,33,35H,13-18H2,1-3H3/t22?,24-,28?,29+,30-/m1/s1. The van der Waals surface area contributed by atoms with Crippen LogP contribution in [0, 0.1) is 5.92 Å². The summed E-state index contributed by atoms with van der Waals surface area (Å²) in [4.78, 5) is 18.0. The molecule has 2 bridgehead atoms. The van der Waals surface area contributed by atoms with Crippen molar-refractivity contribution in [3.63, 3.8) is 0 Å². The highest BCUT2D eigenvalue weighted by Gasteiger charge is 2.73. The number of likely N-dealkylation sites (N-methyl/N-ethyl adjacent to an activating group) is 1. The van der Waals surface area contributed by atoms with Gasteiger partial charge in [-0.05, 0) is 68.5 Å². The predicted molar refractivity (Wildman–Crippen MR) is 139 cm³/mol. The molecule has 2 N–H and O–H groups in total. The summed E-state index contributed by atoms with van der Waals surface area (Å²) in [7, 11) is 2.10. The van der Waals surface area contributed by atoms with Crippen LogP contribution in [0.2, 0.25) is 0 Å². The fourth-order valence-electron chi connectivity index (χ4n) is 7.66. The number of rotatable bonds is 5. The quantitative estimate of drug-likeness (QED) is 0.628. The number of piperidine rings is 1. The van der Waals surface area contributed by atoms with Crippen LogP contribution in [0.4, 0.5) is 0 Å². The Kier molecular flexibility index (Phi) is 5.47. The smallest absolute Gasteiger partial charge is 0.246 e. The molecule has 6 rings (SSSR count). The molecule has 2 heterocycles. The van der Waals surface area contributed by atoms with Crippen LogP contribution in [0.3, 0.4) is 0 Å². The minimum atomic E-state index is -0.959. The summed E-state index contributed by atoms with van der Waals surface area (Å²) in [6, 6.07) is 13.4. The summed E-state index contributed by atoms with van der Waals surface area (Å²) >= 11 is 0. The number of hydrogen-bond donors (Lipinski definition) is 2. The van der Waals surface area contributed by atoms with Crippen molar-refractivity contribution in [3.8, 4) is 11.5 Å². The lowest BCUT2D eigenvalue weighted by Crippen LogP contribution is -2.78. The third-order valence-corrected chi connectivity index (χ3v) is 9.16. The van der Waals surface area contributed by atoms with E-state index in [4.69, 9.17) is 4.74 Å². The molecular formula is C30H36N2O4. The molecule has 1 saturated carbocycles. The number of carbonyl (C=O) groups is 1. The van der Waals surface area contributed by atoms with E-state index in [9.17, 15) is 15.0 Å². The molecule has 0 aromatic heterocycles. The van der Waals surface area contributed by atoms with Gasteiger partial charge >= 0.3 is 0 Å². The van der Waals surface area contributed by atoms with Gasteiger partial charge in [-0.1, -0.05) is 50.2 Å². The van der Waals surface area contributed by atoms with E-state index in [1.807, 2.05) is 47.4 Å². The van der Waals surface area contributed by atoms with E-state index in [-0.39, 0.29) is 29.7 Å². The van der Waals surface area contributed by atoms with Gasteiger partial charge in [0.2, 0.25) is 5.91 Å². The molecule has 2 aliphatic heterocycles. The first kappa shape index (κ1) is 23.6. The van der Waals surface area contributed by atoms with E-state index in [0.717, 1.165) is 36.1 Å². The summed E-state index contributed by atoms with van der Waals surface area (Å²) in [5, 5.41) is 23.2. The number of hydrogen-bond acceptors (Lipinski definition) is 5. The second kappa shape index (κ2) is 8.35. The second-order valence-corrected chi connectivity index (χ2v) is 11.6. The largest absolute Gasteiger partial charge is 0.504 e. The van der Waals surface area contributed by atoms with Gasteiger partial charge in [0, 0.05) is 24.2 Å². The zero-order chi connectivity index (χ0) is 25.2. The van der Waals surface area contributed by atoms with Gasteiger partial charge in [0.25, 0.3) is 0 Å². The van der Waals surface area contributed by atoms with Crippen LogP contribution >= 0.6 is 0 Å². The fourth-order valence-corrected chi connectivity index (χ4v) is 7.66. The number of amides is 1. The molecule has 6 heteroatoms. The highest BCUT2D eigenvalue weighted by atomic mass is 16.5. The van der Waals surface area contributed by atoms with Gasteiger partial charge in [0.1, 0.15) is 6.10 Å². The van der Waals surface area contributed by atoms with Gasteiger partial charge in [0.05, 0.1) is 17.1 Å². The third kappa shape index (κ3) is 3.20. The Morgan fingerprint density at radius 1 is 1.22 bits per heavy atom. The van der Waals surface area contributed by atoms with Crippen LogP contribution in [0.15, 0.2) is 48.5 Å². The average molecular weight is 489 g/mol. The number of likely N-dealkylation sites (tertiary alicyclic amines) is 1. The van der Waals surface area contributed by atoms with Crippen LogP contribution in [0.25, 0.3) is 6.08 Å². The van der Waals surface area contributed by atoms with Crippen molar-refractivity contribution < 1.29 is 19.7 Å². The van der Waals surface area contributed by atoms with Crippen molar-refractivity contribution in [1.29, 1.82) is 0 Å². The summed E-state index contributed by atoms with van der Waals surface area (Å²) < 4.78 is 6.65. The Hall–Kier alpha value is -2.83. The molecule has 36 heavy (non-hydrogen) atoms. The molecule has 2 aromatic rings. The lowest BCUT2D eigenvalue weighted by Gasteiger charge is -2.64. The molecule has 2 fully saturated rings. The Morgan fingerprint density at radius 3 is 2.75 bits per heavy atom. The highest BCUT2D eigenvalue weighted by molar-refractivity contribution is 5.92. The lowest BCUT2D eigenvalue weighted by atomic mass is 9.48. The summed E-state index contributed by atoms with van der Waals surface area (Å²) in [6.45, 7) is 5.70. The normalized spacial score (nSPS) is 32.4. The molecule has 1 amide bonds. The molecule has 1 saturated heterocycles. The van der Waals surface area contributed by atoms with E-state index in [1.54, 1.807) is 12.1 Å². The van der Waals surface area contributed by atoms with Crippen LogP contribution in [-0.2, 0) is 16.6 Å². The SMILES string of the molecule is CC(C)CN(C(=O)C=Cc1ccccc1)C1CC[C@@]2(O)[C@H]3Cc4ccc(O)c5c4[C@@]2(CCN3C)C1O5.